The van der Waals surface area contributed by atoms with E-state index in [1.165, 1.54) is 6.20 Å². The van der Waals surface area contributed by atoms with Crippen LogP contribution in [0.1, 0.15) is 83.5 Å². The lowest BCUT2D eigenvalue weighted by Gasteiger charge is -2.34. The Morgan fingerprint density at radius 3 is 2.88 bits per heavy atom. The number of aromatic nitrogens is 4. The molecule has 0 spiro atoms. The molecular weight excluding hydrogens is 414 g/mol. The third-order valence-electron chi connectivity index (χ3n) is 6.97. The Hall–Kier alpha value is -3.60. The summed E-state index contributed by atoms with van der Waals surface area (Å²) in [5, 5.41) is 13.8. The van der Waals surface area contributed by atoms with Crippen molar-refractivity contribution in [3.05, 3.63) is 58.8 Å². The number of rotatable bonds is 4. The number of nitrogens with zero attached hydrogens (tertiary/aromatic N) is 7. The zero-order valence-corrected chi connectivity index (χ0v) is 18.8. The van der Waals surface area contributed by atoms with Gasteiger partial charge in [0.15, 0.2) is 5.65 Å². The lowest BCUT2D eigenvalue weighted by Crippen LogP contribution is -2.38. The smallest absolute Gasteiger partial charge is 0.255 e. The molecule has 0 bridgehead atoms. The zero-order valence-electron chi connectivity index (χ0n) is 18.8. The van der Waals surface area contributed by atoms with E-state index in [1.54, 1.807) is 12.1 Å². The van der Waals surface area contributed by atoms with E-state index in [-0.39, 0.29) is 11.9 Å². The Balaban J connectivity index is 1.44. The largest absolute Gasteiger partial charge is 0.330 e. The third-order valence-corrected chi connectivity index (χ3v) is 6.97. The van der Waals surface area contributed by atoms with Crippen LogP contribution in [0.15, 0.2) is 35.6 Å². The molecule has 1 unspecified atom stereocenters. The molecule has 3 atom stereocenters. The van der Waals surface area contributed by atoms with Gasteiger partial charge in [-0.05, 0) is 69.9 Å². The Kier molecular flexibility index (Phi) is 5.63. The van der Waals surface area contributed by atoms with E-state index < -0.39 is 0 Å². The maximum Gasteiger partial charge on any atom is 0.255 e. The van der Waals surface area contributed by atoms with Crippen molar-refractivity contribution in [3.63, 3.8) is 0 Å². The van der Waals surface area contributed by atoms with E-state index in [2.05, 4.69) is 29.8 Å². The van der Waals surface area contributed by atoms with E-state index in [0.29, 0.717) is 29.8 Å². The van der Waals surface area contributed by atoms with Crippen molar-refractivity contribution in [1.82, 2.24) is 24.5 Å². The average molecular weight is 442 g/mol. The Labute approximate surface area is 193 Å². The number of carbonyl (C=O) groups excluding carboxylic acids is 1. The summed E-state index contributed by atoms with van der Waals surface area (Å²) in [7, 11) is 0. The summed E-state index contributed by atoms with van der Waals surface area (Å²) in [5.74, 6) is 0.327. The van der Waals surface area contributed by atoms with Crippen LogP contribution in [0.5, 0.6) is 0 Å². The summed E-state index contributed by atoms with van der Waals surface area (Å²) in [4.78, 5) is 28.4. The molecule has 1 aliphatic heterocycles. The van der Waals surface area contributed by atoms with Gasteiger partial charge < -0.3 is 4.90 Å². The fourth-order valence-electron chi connectivity index (χ4n) is 5.22. The number of hydrogen-bond donors (Lipinski definition) is 0. The Bertz CT molecular complexity index is 1240. The van der Waals surface area contributed by atoms with Gasteiger partial charge in [-0.3, -0.25) is 9.79 Å². The molecule has 1 saturated carbocycles. The van der Waals surface area contributed by atoms with Crippen LogP contribution >= 0.6 is 0 Å². The van der Waals surface area contributed by atoms with Crippen LogP contribution in [0, 0.1) is 18.3 Å². The first kappa shape index (κ1) is 21.3. The van der Waals surface area contributed by atoms with Crippen molar-refractivity contribution in [1.29, 1.82) is 5.26 Å². The minimum Gasteiger partial charge on any atom is -0.330 e. The molecule has 0 aromatic carbocycles. The van der Waals surface area contributed by atoms with Crippen LogP contribution < -0.4 is 0 Å². The highest BCUT2D eigenvalue weighted by Crippen LogP contribution is 2.37. The standard InChI is InChI=1S/C25H27N7O/c1-16-15-32-23(29-24(16)17-6-8-19(11-17)27-2)12-21(30-32)22-5-3-4-10-31(22)25(33)18-7-9-20(13-26)28-14-18/h7,9,12,14-15,17,19,22H,2-6,8,10-11H2,1H3/t17?,19-,22-/m0/s1. The maximum absolute atomic E-state index is 13.3. The second-order valence-corrected chi connectivity index (χ2v) is 9.08. The van der Waals surface area contributed by atoms with E-state index in [4.69, 9.17) is 15.3 Å². The molecule has 8 nitrogen and oxygen atoms in total. The molecule has 3 aromatic heterocycles. The summed E-state index contributed by atoms with van der Waals surface area (Å²) >= 11 is 0. The first-order valence-electron chi connectivity index (χ1n) is 11.6. The SMILES string of the molecule is C=N[C@H]1CCC(c2nc3cc([C@@H]4CCCCN4C(=O)c4ccc(C#N)nc4)nn3cc2C)C1. The quantitative estimate of drug-likeness (QED) is 0.570. The van der Waals surface area contributed by atoms with Crippen LogP contribution in [0.2, 0.25) is 0 Å². The molecule has 33 heavy (non-hydrogen) atoms. The molecule has 0 radical (unpaired) electrons. The minimum absolute atomic E-state index is 0.0764. The summed E-state index contributed by atoms with van der Waals surface area (Å²) in [6.45, 7) is 6.48. The van der Waals surface area contributed by atoms with Gasteiger partial charge in [-0.2, -0.15) is 10.4 Å². The number of amides is 1. The fourth-order valence-corrected chi connectivity index (χ4v) is 5.22. The number of fused-ring (bicyclic) bond motifs is 1. The van der Waals surface area contributed by atoms with Gasteiger partial charge in [-0.1, -0.05) is 0 Å². The van der Waals surface area contributed by atoms with Gasteiger partial charge in [0.1, 0.15) is 11.8 Å². The number of aliphatic imine (C=N–C) groups is 1. The van der Waals surface area contributed by atoms with Crippen molar-refractivity contribution < 1.29 is 4.79 Å². The van der Waals surface area contributed by atoms with Crippen LogP contribution in [-0.2, 0) is 0 Å². The van der Waals surface area contributed by atoms with E-state index in [1.807, 2.05) is 21.6 Å². The molecule has 8 heteroatoms. The summed E-state index contributed by atoms with van der Waals surface area (Å²) < 4.78 is 1.84. The first-order valence-corrected chi connectivity index (χ1v) is 11.6. The number of nitriles is 1. The normalized spacial score (nSPS) is 22.9. The van der Waals surface area contributed by atoms with Crippen LogP contribution in [0.3, 0.4) is 0 Å². The van der Waals surface area contributed by atoms with E-state index in [9.17, 15) is 4.79 Å². The molecule has 3 aromatic rings. The highest BCUT2D eigenvalue weighted by molar-refractivity contribution is 5.94. The van der Waals surface area contributed by atoms with Gasteiger partial charge in [0, 0.05) is 37.0 Å². The van der Waals surface area contributed by atoms with E-state index in [0.717, 1.165) is 61.1 Å². The minimum atomic E-state index is -0.104. The number of carbonyl (C=O) groups is 1. The van der Waals surface area contributed by atoms with Gasteiger partial charge in [0.25, 0.3) is 5.91 Å². The average Bonchev–Trinajstić information content (AvgIpc) is 3.50. The van der Waals surface area contributed by atoms with E-state index >= 15 is 0 Å². The Morgan fingerprint density at radius 2 is 2.15 bits per heavy atom. The molecule has 0 N–H and O–H groups in total. The fraction of sp³-hybridized carbons (Fsp3) is 0.440. The van der Waals surface area contributed by atoms with Crippen molar-refractivity contribution >= 4 is 18.3 Å². The third kappa shape index (κ3) is 3.99. The van der Waals surface area contributed by atoms with Crippen LogP contribution in [0.4, 0.5) is 0 Å². The predicted octanol–water partition coefficient (Wildman–Crippen LogP) is 4.01. The molecule has 2 fully saturated rings. The van der Waals surface area contributed by atoms with Crippen molar-refractivity contribution in [3.8, 4) is 6.07 Å². The molecule has 1 aliphatic carbocycles. The summed E-state index contributed by atoms with van der Waals surface area (Å²) in [5.41, 5.74) is 4.74. The van der Waals surface area contributed by atoms with Gasteiger partial charge in [0.05, 0.1) is 23.0 Å². The van der Waals surface area contributed by atoms with Gasteiger partial charge >= 0.3 is 0 Å². The lowest BCUT2D eigenvalue weighted by molar-refractivity contribution is 0.0605. The zero-order chi connectivity index (χ0) is 22.9. The number of pyridine rings is 1. The van der Waals surface area contributed by atoms with Crippen LogP contribution in [-0.4, -0.2) is 49.7 Å². The van der Waals surface area contributed by atoms with Crippen molar-refractivity contribution in [2.24, 2.45) is 4.99 Å². The van der Waals surface area contributed by atoms with Crippen molar-refractivity contribution in [2.75, 3.05) is 6.54 Å². The number of hydrogen-bond acceptors (Lipinski definition) is 6. The second kappa shape index (κ2) is 8.74. The molecule has 5 rings (SSSR count). The van der Waals surface area contributed by atoms with Gasteiger partial charge in [0.2, 0.25) is 0 Å². The van der Waals surface area contributed by atoms with Crippen LogP contribution in [0.25, 0.3) is 5.65 Å². The first-order chi connectivity index (χ1) is 16.1. The molecule has 4 heterocycles. The molecule has 168 valence electrons. The number of likely N-dealkylation sites (tertiary alicyclic amines) is 1. The number of piperidine rings is 1. The topological polar surface area (TPSA) is 99.5 Å². The Morgan fingerprint density at radius 1 is 1.27 bits per heavy atom. The highest BCUT2D eigenvalue weighted by Gasteiger charge is 2.32. The highest BCUT2D eigenvalue weighted by atomic mass is 16.2. The summed E-state index contributed by atoms with van der Waals surface area (Å²) in [6.07, 6.45) is 9.55. The molecule has 1 saturated heterocycles. The van der Waals surface area contributed by atoms with Gasteiger partial charge in [-0.15, -0.1) is 0 Å². The predicted molar refractivity (Wildman–Crippen MR) is 124 cm³/mol. The second-order valence-electron chi connectivity index (χ2n) is 9.08. The molecule has 2 aliphatic rings. The van der Waals surface area contributed by atoms with Gasteiger partial charge in [-0.25, -0.2) is 14.5 Å². The maximum atomic E-state index is 13.3. The summed E-state index contributed by atoms with van der Waals surface area (Å²) in [6, 6.07) is 7.50. The molecule has 1 amide bonds. The monoisotopic (exact) mass is 441 g/mol. The number of aryl methyl sites for hydroxylation is 1. The lowest BCUT2D eigenvalue weighted by atomic mass is 9.98. The molecular formula is C25H27N7O. The van der Waals surface area contributed by atoms with Crippen molar-refractivity contribution in [2.45, 2.75) is 63.5 Å².